The lowest BCUT2D eigenvalue weighted by Gasteiger charge is -2.51. The number of likely N-dealkylation sites (tertiary alicyclic amines) is 1. The molecule has 0 spiro atoms. The Morgan fingerprint density at radius 2 is 2.20 bits per heavy atom. The molecule has 2 saturated carbocycles. The molecule has 5 rings (SSSR count). The van der Waals surface area contributed by atoms with E-state index in [0.717, 1.165) is 38.0 Å². The first-order valence-electron chi connectivity index (χ1n) is 7.89. The molecule has 1 amide bonds. The lowest BCUT2D eigenvalue weighted by atomic mass is 9.76. The number of rotatable bonds is 2. The fraction of sp³-hybridized carbons (Fsp3) is 0.688. The summed E-state index contributed by atoms with van der Waals surface area (Å²) in [5, 5.41) is 2.20. The second kappa shape index (κ2) is 4.08. The van der Waals surface area contributed by atoms with E-state index < -0.39 is 0 Å². The Morgan fingerprint density at radius 1 is 1.30 bits per heavy atom. The third kappa shape index (κ3) is 1.47. The Bertz CT molecular complexity index is 569. The average Bonchev–Trinajstić information content (AvgIpc) is 3.16. The fourth-order valence-corrected chi connectivity index (χ4v) is 6.01. The van der Waals surface area contributed by atoms with Gasteiger partial charge >= 0.3 is 0 Å². The van der Waals surface area contributed by atoms with E-state index in [1.54, 1.807) is 4.88 Å². The molecule has 3 fully saturated rings. The number of β-lactam (4-membered cyclic amide) rings is 1. The van der Waals surface area contributed by atoms with Gasteiger partial charge in [0.05, 0.1) is 12.6 Å². The highest BCUT2D eigenvalue weighted by atomic mass is 32.1. The standard InChI is InChI=1S/C16H20N2OS/c19-16-14-10-1-2-11(7-10)15(14)18(16)9-17-5-3-13-12(8-17)4-6-20-13/h4,6,10-11,14-15H,1-3,5,7-9H2/t10-,11-,14+,15+/m0/s1. The summed E-state index contributed by atoms with van der Waals surface area (Å²) in [7, 11) is 0. The first-order valence-corrected chi connectivity index (χ1v) is 8.77. The van der Waals surface area contributed by atoms with E-state index in [9.17, 15) is 4.79 Å². The normalized spacial score (nSPS) is 38.8. The van der Waals surface area contributed by atoms with Crippen molar-refractivity contribution >= 4 is 17.2 Å². The molecule has 0 radical (unpaired) electrons. The highest BCUT2D eigenvalue weighted by Crippen LogP contribution is 2.56. The van der Waals surface area contributed by atoms with Crippen LogP contribution in [0.3, 0.4) is 0 Å². The summed E-state index contributed by atoms with van der Waals surface area (Å²) in [5.41, 5.74) is 1.48. The highest BCUT2D eigenvalue weighted by Gasteiger charge is 2.61. The van der Waals surface area contributed by atoms with E-state index in [-0.39, 0.29) is 0 Å². The van der Waals surface area contributed by atoms with Crippen LogP contribution >= 0.6 is 11.3 Å². The monoisotopic (exact) mass is 288 g/mol. The molecule has 1 saturated heterocycles. The van der Waals surface area contributed by atoms with Crippen LogP contribution in [0.4, 0.5) is 0 Å². The third-order valence-electron chi connectivity index (χ3n) is 6.04. The lowest BCUT2D eigenvalue weighted by Crippen LogP contribution is -2.65. The number of carbonyl (C=O) groups is 1. The Hall–Kier alpha value is -0.870. The van der Waals surface area contributed by atoms with Crippen molar-refractivity contribution < 1.29 is 4.79 Å². The molecular weight excluding hydrogens is 268 g/mol. The molecule has 0 N–H and O–H groups in total. The van der Waals surface area contributed by atoms with E-state index in [4.69, 9.17) is 0 Å². The maximum Gasteiger partial charge on any atom is 0.229 e. The van der Waals surface area contributed by atoms with E-state index >= 15 is 0 Å². The molecule has 1 aromatic heterocycles. The molecule has 0 unspecified atom stereocenters. The van der Waals surface area contributed by atoms with Crippen molar-refractivity contribution in [3.05, 3.63) is 21.9 Å². The molecule has 3 heterocycles. The quantitative estimate of drug-likeness (QED) is 0.780. The van der Waals surface area contributed by atoms with Crippen molar-refractivity contribution in [2.75, 3.05) is 13.2 Å². The summed E-state index contributed by atoms with van der Waals surface area (Å²) in [6, 6.07) is 2.86. The van der Waals surface area contributed by atoms with E-state index in [1.807, 2.05) is 11.3 Å². The van der Waals surface area contributed by atoms with Crippen LogP contribution in [0.2, 0.25) is 0 Å². The molecule has 2 aliphatic carbocycles. The lowest BCUT2D eigenvalue weighted by molar-refractivity contribution is -0.165. The van der Waals surface area contributed by atoms with Gasteiger partial charge in [-0.2, -0.15) is 0 Å². The fourth-order valence-electron chi connectivity index (χ4n) is 5.12. The number of hydrogen-bond acceptors (Lipinski definition) is 3. The van der Waals surface area contributed by atoms with Crippen molar-refractivity contribution in [1.82, 2.24) is 9.80 Å². The zero-order chi connectivity index (χ0) is 13.3. The van der Waals surface area contributed by atoms with Crippen molar-refractivity contribution in [3.8, 4) is 0 Å². The highest BCUT2D eigenvalue weighted by molar-refractivity contribution is 7.10. The maximum absolute atomic E-state index is 12.4. The average molecular weight is 288 g/mol. The van der Waals surface area contributed by atoms with Gasteiger partial charge in [-0.1, -0.05) is 0 Å². The van der Waals surface area contributed by atoms with Crippen molar-refractivity contribution in [3.63, 3.8) is 0 Å². The zero-order valence-corrected chi connectivity index (χ0v) is 12.4. The first-order chi connectivity index (χ1) is 9.81. The molecule has 1 aromatic rings. The number of nitrogens with zero attached hydrogens (tertiary/aromatic N) is 2. The predicted octanol–water partition coefficient (Wildman–Crippen LogP) is 2.32. The Kier molecular flexibility index (Phi) is 2.40. The van der Waals surface area contributed by atoms with Gasteiger partial charge < -0.3 is 4.90 Å². The predicted molar refractivity (Wildman–Crippen MR) is 78.3 cm³/mol. The second-order valence-electron chi connectivity index (χ2n) is 6.97. The minimum absolute atomic E-state index is 0.412. The van der Waals surface area contributed by atoms with Gasteiger partial charge in [0.1, 0.15) is 0 Å². The van der Waals surface area contributed by atoms with Crippen LogP contribution in [-0.4, -0.2) is 35.0 Å². The maximum atomic E-state index is 12.4. The van der Waals surface area contributed by atoms with Crippen LogP contribution < -0.4 is 0 Å². The summed E-state index contributed by atoms with van der Waals surface area (Å²) in [6.45, 7) is 3.02. The molecule has 2 aliphatic heterocycles. The van der Waals surface area contributed by atoms with Gasteiger partial charge in [-0.05, 0) is 54.5 Å². The van der Waals surface area contributed by atoms with Gasteiger partial charge in [0.25, 0.3) is 0 Å². The summed E-state index contributed by atoms with van der Waals surface area (Å²) in [6.07, 6.45) is 5.17. The van der Waals surface area contributed by atoms with E-state index in [1.165, 1.54) is 24.8 Å². The molecule has 4 atom stereocenters. The Morgan fingerprint density at radius 3 is 3.15 bits per heavy atom. The molecule has 4 heteroatoms. The minimum atomic E-state index is 0.412. The van der Waals surface area contributed by atoms with Gasteiger partial charge in [-0.15, -0.1) is 11.3 Å². The zero-order valence-electron chi connectivity index (χ0n) is 11.6. The SMILES string of the molecule is O=C1[C@@H]2[C@H]3CC[C@@H](C3)[C@H]2N1CN1CCc2sccc2C1. The molecule has 4 aliphatic rings. The van der Waals surface area contributed by atoms with Crippen LogP contribution in [-0.2, 0) is 17.8 Å². The number of thiophene rings is 1. The number of carbonyl (C=O) groups excluding carboxylic acids is 1. The number of fused-ring (bicyclic) bond motifs is 6. The summed E-state index contributed by atoms with van der Waals surface area (Å²) in [4.78, 5) is 18.6. The van der Waals surface area contributed by atoms with Crippen LogP contribution in [0.25, 0.3) is 0 Å². The van der Waals surface area contributed by atoms with Gasteiger partial charge in [0.2, 0.25) is 5.91 Å². The second-order valence-corrected chi connectivity index (χ2v) is 7.97. The Labute approximate surface area is 123 Å². The van der Waals surface area contributed by atoms with Gasteiger partial charge in [-0.3, -0.25) is 9.69 Å². The molecule has 0 aromatic carbocycles. The minimum Gasteiger partial charge on any atom is -0.325 e. The summed E-state index contributed by atoms with van der Waals surface area (Å²) < 4.78 is 0. The molecular formula is C16H20N2OS. The van der Waals surface area contributed by atoms with Crippen LogP contribution in [0.5, 0.6) is 0 Å². The summed E-state index contributed by atoms with van der Waals surface area (Å²) >= 11 is 1.88. The summed E-state index contributed by atoms with van der Waals surface area (Å²) in [5.74, 6) is 2.43. The largest absolute Gasteiger partial charge is 0.325 e. The molecule has 2 bridgehead atoms. The first kappa shape index (κ1) is 11.8. The van der Waals surface area contributed by atoms with E-state index in [2.05, 4.69) is 21.2 Å². The van der Waals surface area contributed by atoms with Crippen LogP contribution in [0, 0.1) is 17.8 Å². The van der Waals surface area contributed by atoms with Crippen molar-refractivity contribution in [2.24, 2.45) is 17.8 Å². The van der Waals surface area contributed by atoms with Crippen molar-refractivity contribution in [2.45, 2.75) is 38.3 Å². The smallest absolute Gasteiger partial charge is 0.229 e. The van der Waals surface area contributed by atoms with Crippen LogP contribution in [0.15, 0.2) is 11.4 Å². The molecule has 106 valence electrons. The van der Waals surface area contributed by atoms with Gasteiger partial charge in [-0.25, -0.2) is 0 Å². The van der Waals surface area contributed by atoms with Crippen molar-refractivity contribution in [1.29, 1.82) is 0 Å². The number of amides is 1. The van der Waals surface area contributed by atoms with E-state index in [0.29, 0.717) is 17.9 Å². The topological polar surface area (TPSA) is 23.6 Å². The Balaban J connectivity index is 1.30. The molecule has 3 nitrogen and oxygen atoms in total. The van der Waals surface area contributed by atoms with Gasteiger partial charge in [0.15, 0.2) is 0 Å². The van der Waals surface area contributed by atoms with Gasteiger partial charge in [0, 0.05) is 24.0 Å². The van der Waals surface area contributed by atoms with Crippen LogP contribution in [0.1, 0.15) is 29.7 Å². The molecule has 20 heavy (non-hydrogen) atoms. The number of hydrogen-bond donors (Lipinski definition) is 0. The third-order valence-corrected chi connectivity index (χ3v) is 7.06.